The van der Waals surface area contributed by atoms with Crippen molar-refractivity contribution in [1.29, 1.82) is 0 Å². The van der Waals surface area contributed by atoms with E-state index in [1.54, 1.807) is 30.3 Å². The van der Waals surface area contributed by atoms with Crippen LogP contribution < -0.4 is 20.7 Å². The van der Waals surface area contributed by atoms with Crippen LogP contribution in [0.25, 0.3) is 0 Å². The minimum absolute atomic E-state index is 0.0644. The molecule has 1 saturated heterocycles. The summed E-state index contributed by atoms with van der Waals surface area (Å²) in [7, 11) is -4.04. The van der Waals surface area contributed by atoms with E-state index in [1.807, 2.05) is 12.2 Å². The number of aromatic nitrogens is 3. The number of primary amides is 1. The summed E-state index contributed by atoms with van der Waals surface area (Å²) in [6.07, 6.45) is 28.3. The van der Waals surface area contributed by atoms with Gasteiger partial charge in [-0.15, -0.1) is 5.10 Å². The second-order valence-corrected chi connectivity index (χ2v) is 14.2. The van der Waals surface area contributed by atoms with Gasteiger partial charge < -0.3 is 35.3 Å². The van der Waals surface area contributed by atoms with Crippen molar-refractivity contribution >= 4 is 19.6 Å². The van der Waals surface area contributed by atoms with Crippen molar-refractivity contribution in [3.8, 4) is 5.75 Å². The minimum atomic E-state index is -4.04. The lowest BCUT2D eigenvalue weighted by Crippen LogP contribution is -2.34. The van der Waals surface area contributed by atoms with Gasteiger partial charge in [0, 0.05) is 19.5 Å². The van der Waals surface area contributed by atoms with Gasteiger partial charge in [-0.05, 0) is 57.1 Å². The fourth-order valence-corrected chi connectivity index (χ4v) is 6.37. The number of aliphatic hydroxyl groups is 2. The van der Waals surface area contributed by atoms with Gasteiger partial charge in [0.2, 0.25) is 11.7 Å². The summed E-state index contributed by atoms with van der Waals surface area (Å²) in [6, 6.07) is 8.36. The van der Waals surface area contributed by atoms with Crippen molar-refractivity contribution in [2.45, 2.75) is 82.8 Å². The topological polar surface area (TPSA) is 209 Å². The predicted octanol–water partition coefficient (Wildman–Crippen LogP) is 5.40. The Morgan fingerprint density at radius 1 is 0.875 bits per heavy atom. The molecule has 1 aliphatic heterocycles. The van der Waals surface area contributed by atoms with Gasteiger partial charge in [0.05, 0.1) is 19.8 Å². The maximum absolute atomic E-state index is 13.7. The molecule has 0 aliphatic carbocycles. The molecule has 2 amide bonds. The zero-order valence-electron chi connectivity index (χ0n) is 32.0. The van der Waals surface area contributed by atoms with E-state index in [-0.39, 0.29) is 37.2 Å². The Balaban J connectivity index is 1.26. The van der Waals surface area contributed by atoms with E-state index in [0.29, 0.717) is 19.4 Å². The Hall–Kier alpha value is -4.47. The Morgan fingerprint density at radius 2 is 1.46 bits per heavy atom. The van der Waals surface area contributed by atoms with Crippen molar-refractivity contribution in [3.63, 3.8) is 0 Å². The number of nitrogens with zero attached hydrogens (tertiary/aromatic N) is 3. The third-order valence-electron chi connectivity index (χ3n) is 7.96. The summed E-state index contributed by atoms with van der Waals surface area (Å²) in [6.45, 7) is 2.43. The van der Waals surface area contributed by atoms with Crippen LogP contribution in [0.5, 0.6) is 5.75 Å². The second kappa shape index (κ2) is 27.2. The van der Waals surface area contributed by atoms with Gasteiger partial charge in [-0.25, -0.2) is 19.3 Å². The van der Waals surface area contributed by atoms with Gasteiger partial charge in [0.1, 0.15) is 30.4 Å². The predicted molar refractivity (Wildman–Crippen MR) is 214 cm³/mol. The van der Waals surface area contributed by atoms with Crippen LogP contribution in [0.1, 0.15) is 75.1 Å². The molecular formula is C40H57N6O9P. The fraction of sp³-hybridized carbons (Fsp3) is 0.450. The number of hydrogen-bond donors (Lipinski definition) is 5. The van der Waals surface area contributed by atoms with Crippen LogP contribution in [0.2, 0.25) is 0 Å². The first-order valence-corrected chi connectivity index (χ1v) is 20.5. The number of allylic oxidation sites excluding steroid dienone is 12. The molecule has 2 unspecified atom stereocenters. The van der Waals surface area contributed by atoms with Gasteiger partial charge in [0.25, 0.3) is 5.91 Å². The number of para-hydroxylation sites is 1. The molecule has 306 valence electrons. The van der Waals surface area contributed by atoms with Gasteiger partial charge >= 0.3 is 7.75 Å². The highest BCUT2D eigenvalue weighted by Crippen LogP contribution is 2.45. The quantitative estimate of drug-likeness (QED) is 0.0417. The average molecular weight is 797 g/mol. The van der Waals surface area contributed by atoms with E-state index in [0.717, 1.165) is 49.5 Å². The molecule has 0 radical (unpaired) electrons. The average Bonchev–Trinajstić information content (AvgIpc) is 3.79. The second-order valence-electron chi connectivity index (χ2n) is 12.5. The zero-order chi connectivity index (χ0) is 40.3. The van der Waals surface area contributed by atoms with Crippen LogP contribution in [-0.4, -0.2) is 88.0 Å². The number of nitrogens with one attached hydrogen (secondary N) is 2. The first-order valence-electron chi connectivity index (χ1n) is 18.9. The number of nitrogens with two attached hydrogens (primary N) is 1. The van der Waals surface area contributed by atoms with Gasteiger partial charge in [-0.2, -0.15) is 0 Å². The third-order valence-corrected chi connectivity index (χ3v) is 9.51. The maximum Gasteiger partial charge on any atom is 0.458 e. The minimum Gasteiger partial charge on any atom is -0.413 e. The molecule has 15 nitrogen and oxygen atoms in total. The summed E-state index contributed by atoms with van der Waals surface area (Å²) in [4.78, 5) is 27.3. The number of aliphatic hydroxyl groups excluding tert-OH is 2. The summed E-state index contributed by atoms with van der Waals surface area (Å²) in [5.74, 6) is -0.978. The summed E-state index contributed by atoms with van der Waals surface area (Å²) in [5, 5.41) is 30.5. The molecule has 0 saturated carbocycles. The molecule has 0 bridgehead atoms. The highest BCUT2D eigenvalue weighted by molar-refractivity contribution is 7.52. The maximum atomic E-state index is 13.7. The van der Waals surface area contributed by atoms with E-state index < -0.39 is 44.8 Å². The van der Waals surface area contributed by atoms with Crippen LogP contribution >= 0.6 is 7.75 Å². The molecule has 1 aromatic carbocycles. The number of amides is 2. The molecule has 0 spiro atoms. The first kappa shape index (κ1) is 45.9. The lowest BCUT2D eigenvalue weighted by molar-refractivity contribution is -0.121. The Kier molecular flexibility index (Phi) is 22.3. The summed E-state index contributed by atoms with van der Waals surface area (Å²) < 4.78 is 37.3. The number of carbonyl (C=O) groups is 2. The zero-order valence-corrected chi connectivity index (χ0v) is 32.9. The molecule has 56 heavy (non-hydrogen) atoms. The number of carbonyl (C=O) groups excluding carboxylic acids is 2. The van der Waals surface area contributed by atoms with Crippen LogP contribution in [-0.2, 0) is 23.4 Å². The van der Waals surface area contributed by atoms with Gasteiger partial charge in [0.15, 0.2) is 6.23 Å². The van der Waals surface area contributed by atoms with Crippen LogP contribution in [0.4, 0.5) is 0 Å². The van der Waals surface area contributed by atoms with Crippen molar-refractivity contribution in [2.75, 3.05) is 32.9 Å². The molecule has 5 atom stereocenters. The van der Waals surface area contributed by atoms with Crippen molar-refractivity contribution < 1.29 is 42.9 Å². The van der Waals surface area contributed by atoms with E-state index in [4.69, 9.17) is 24.3 Å². The SMILES string of the molecule is CC/C=C\C/C=C\C/C=C\C/C=C\C/C=C\C/C=C\CCC(=O)NCCOCCNP(=O)(OCC1O[C@@H](n2cnc(C(N)=O)n2)[C@H](O)[C@@H]1O)Oc1ccccc1. The summed E-state index contributed by atoms with van der Waals surface area (Å²) in [5.41, 5.74) is 5.19. The molecule has 16 heteroatoms. The number of rotatable bonds is 28. The number of hydrogen-bond acceptors (Lipinski definition) is 11. The molecule has 2 aromatic rings. The Morgan fingerprint density at radius 3 is 2.05 bits per heavy atom. The van der Waals surface area contributed by atoms with E-state index in [9.17, 15) is 24.4 Å². The Bertz CT molecular complexity index is 1660. The monoisotopic (exact) mass is 796 g/mol. The van der Waals surface area contributed by atoms with Crippen molar-refractivity contribution in [1.82, 2.24) is 25.2 Å². The lowest BCUT2D eigenvalue weighted by atomic mass is 10.1. The smallest absolute Gasteiger partial charge is 0.413 e. The van der Waals surface area contributed by atoms with Crippen LogP contribution in [0.15, 0.2) is 110 Å². The molecule has 1 fully saturated rings. The van der Waals surface area contributed by atoms with E-state index in [2.05, 4.69) is 88.2 Å². The Labute approximate surface area is 329 Å². The molecule has 6 N–H and O–H groups in total. The fourth-order valence-electron chi connectivity index (χ4n) is 5.05. The highest BCUT2D eigenvalue weighted by Gasteiger charge is 2.45. The first-order chi connectivity index (χ1) is 27.2. The third kappa shape index (κ3) is 18.4. The molecule has 3 rings (SSSR count). The van der Waals surface area contributed by atoms with Crippen molar-refractivity contribution in [2.24, 2.45) is 5.73 Å². The standard InChI is InChI=1S/C40H57N6O9P/c1-2-3-4-5-6-7-8-9-10-11-12-13-14-15-16-17-18-19-23-26-35(47)42-27-29-52-30-28-44-56(51,55-33-24-21-20-22-25-33)53-31-34-36(48)37(49)40(54-34)46-32-43-39(45-46)38(41)50/h3-4,6-7,9-10,12-13,15-16,18-22,24-25,32,34,36-37,40,48-49H,2,5,8,11,14,17,23,26-31H2,1H3,(H2,41,50)(H,42,47)(H,44,51)/b4-3-,7-6-,10-9-,13-12-,16-15-,19-18-/t34?,36-,37-,40-,56?/m1/s1. The van der Waals surface area contributed by atoms with Crippen molar-refractivity contribution in [3.05, 3.63) is 115 Å². The van der Waals surface area contributed by atoms with Gasteiger partial charge in [-0.3, -0.25) is 14.1 Å². The number of benzene rings is 1. The van der Waals surface area contributed by atoms with Crippen LogP contribution in [0, 0.1) is 0 Å². The van der Waals surface area contributed by atoms with Gasteiger partial charge in [-0.1, -0.05) is 98.0 Å². The molecule has 1 aliphatic rings. The normalized spacial score (nSPS) is 20.1. The van der Waals surface area contributed by atoms with E-state index in [1.165, 1.54) is 0 Å². The summed E-state index contributed by atoms with van der Waals surface area (Å²) >= 11 is 0. The largest absolute Gasteiger partial charge is 0.458 e. The number of ether oxygens (including phenoxy) is 2. The lowest BCUT2D eigenvalue weighted by Gasteiger charge is -2.22. The highest BCUT2D eigenvalue weighted by atomic mass is 31.2. The molecular weight excluding hydrogens is 739 g/mol. The van der Waals surface area contributed by atoms with Crippen LogP contribution in [0.3, 0.4) is 0 Å². The molecule has 1 aromatic heterocycles. The van der Waals surface area contributed by atoms with E-state index >= 15 is 0 Å². The molecule has 2 heterocycles.